The van der Waals surface area contributed by atoms with E-state index in [0.29, 0.717) is 0 Å². The van der Waals surface area contributed by atoms with E-state index in [0.717, 1.165) is 51.4 Å². The summed E-state index contributed by atoms with van der Waals surface area (Å²) in [5, 5.41) is 0. The summed E-state index contributed by atoms with van der Waals surface area (Å²) in [6.07, 6.45) is 7.47. The van der Waals surface area contributed by atoms with E-state index in [1.165, 1.54) is 0 Å². The number of hydrogen-bond donors (Lipinski definition) is 1. The van der Waals surface area contributed by atoms with Crippen LogP contribution in [0.1, 0.15) is 79.1 Å². The fourth-order valence-corrected chi connectivity index (χ4v) is 3.53. The molecule has 0 aromatic heterocycles. The van der Waals surface area contributed by atoms with Crippen LogP contribution in [0, 0.1) is 17.8 Å². The van der Waals surface area contributed by atoms with E-state index in [-0.39, 0.29) is 25.0 Å². The highest BCUT2D eigenvalue weighted by molar-refractivity contribution is 7.85. The summed E-state index contributed by atoms with van der Waals surface area (Å²) >= 11 is 0. The lowest BCUT2D eigenvalue weighted by molar-refractivity contribution is -0.162. The van der Waals surface area contributed by atoms with E-state index in [4.69, 9.17) is 14.0 Å². The summed E-state index contributed by atoms with van der Waals surface area (Å²) in [5.41, 5.74) is 0. The van der Waals surface area contributed by atoms with Gasteiger partial charge in [0.25, 0.3) is 10.1 Å². The van der Waals surface area contributed by atoms with Crippen molar-refractivity contribution in [2.24, 2.45) is 17.8 Å². The molecule has 0 aromatic rings. The maximum atomic E-state index is 12.3. The number of rotatable bonds is 16. The summed E-state index contributed by atoms with van der Waals surface area (Å²) in [5.74, 6) is -4.29. The lowest BCUT2D eigenvalue weighted by atomic mass is 10.0. The molecule has 0 radical (unpaired) electrons. The topological polar surface area (TPSA) is 107 Å². The predicted molar refractivity (Wildman–Crippen MR) is 108 cm³/mol. The second-order valence-electron chi connectivity index (χ2n) is 7.39. The van der Waals surface area contributed by atoms with Gasteiger partial charge in [-0.2, -0.15) is 8.42 Å². The van der Waals surface area contributed by atoms with Crippen molar-refractivity contribution < 1.29 is 32.0 Å². The van der Waals surface area contributed by atoms with E-state index >= 15 is 0 Å². The van der Waals surface area contributed by atoms with E-state index in [1.807, 2.05) is 13.8 Å². The Morgan fingerprint density at radius 1 is 0.821 bits per heavy atom. The first-order valence-electron chi connectivity index (χ1n) is 10.5. The van der Waals surface area contributed by atoms with Gasteiger partial charge in [0.1, 0.15) is 0 Å². The zero-order chi connectivity index (χ0) is 21.6. The molecule has 0 saturated heterocycles. The minimum atomic E-state index is -4.53. The van der Waals surface area contributed by atoms with Crippen LogP contribution in [0.4, 0.5) is 0 Å². The zero-order valence-corrected chi connectivity index (χ0v) is 18.6. The lowest BCUT2D eigenvalue weighted by Gasteiger charge is -2.19. The van der Waals surface area contributed by atoms with Crippen LogP contribution in [0.3, 0.4) is 0 Å². The monoisotopic (exact) mass is 422 g/mol. The van der Waals surface area contributed by atoms with Gasteiger partial charge in [0.05, 0.1) is 19.0 Å². The van der Waals surface area contributed by atoms with Crippen LogP contribution in [-0.2, 0) is 29.2 Å². The Bertz CT molecular complexity index is 513. The molecule has 8 heteroatoms. The third-order valence-electron chi connectivity index (χ3n) is 4.96. The smallest absolute Gasteiger partial charge is 0.321 e. The number of carbonyl (C=O) groups excluding carboxylic acids is 2. The molecule has 0 saturated carbocycles. The minimum absolute atomic E-state index is 0.124. The van der Waals surface area contributed by atoms with Gasteiger partial charge in [-0.3, -0.25) is 14.1 Å². The number of hydrogen-bond acceptors (Lipinski definition) is 6. The summed E-state index contributed by atoms with van der Waals surface area (Å²) in [6, 6.07) is 0. The highest BCUT2D eigenvalue weighted by Gasteiger charge is 2.35. The Morgan fingerprint density at radius 2 is 1.21 bits per heavy atom. The van der Waals surface area contributed by atoms with Gasteiger partial charge in [-0.25, -0.2) is 0 Å². The standard InChI is InChI=1S/C20H38O7S/c1-5-9-11-16(7-3)13-26-19(21)18(15-28(23,24)25)20(22)27-14-17(8-4)12-10-6-2/h16-18H,5-15H2,1-4H3,(H,23,24,25). The molecule has 166 valence electrons. The molecule has 28 heavy (non-hydrogen) atoms. The molecule has 0 bridgehead atoms. The molecular weight excluding hydrogens is 384 g/mol. The molecule has 0 spiro atoms. The van der Waals surface area contributed by atoms with Crippen molar-refractivity contribution in [3.05, 3.63) is 0 Å². The predicted octanol–water partition coefficient (Wildman–Crippen LogP) is 4.01. The first-order chi connectivity index (χ1) is 13.2. The van der Waals surface area contributed by atoms with Gasteiger partial charge < -0.3 is 9.47 Å². The van der Waals surface area contributed by atoms with Crippen molar-refractivity contribution >= 4 is 22.1 Å². The molecule has 0 aliphatic carbocycles. The normalized spacial score (nSPS) is 14.9. The molecule has 2 unspecified atom stereocenters. The summed E-state index contributed by atoms with van der Waals surface area (Å²) in [4.78, 5) is 24.7. The van der Waals surface area contributed by atoms with Crippen LogP contribution >= 0.6 is 0 Å². The van der Waals surface area contributed by atoms with Gasteiger partial charge in [0, 0.05) is 0 Å². The van der Waals surface area contributed by atoms with Gasteiger partial charge in [-0.05, 0) is 24.7 Å². The van der Waals surface area contributed by atoms with E-state index in [1.54, 1.807) is 0 Å². The third kappa shape index (κ3) is 12.3. The van der Waals surface area contributed by atoms with Crippen molar-refractivity contribution in [1.82, 2.24) is 0 Å². The maximum Gasteiger partial charge on any atom is 0.321 e. The molecule has 2 atom stereocenters. The molecule has 0 fully saturated rings. The summed E-state index contributed by atoms with van der Waals surface area (Å²) in [6.45, 7) is 8.36. The second kappa shape index (κ2) is 14.8. The van der Waals surface area contributed by atoms with Crippen LogP contribution in [0.2, 0.25) is 0 Å². The number of ether oxygens (including phenoxy) is 2. The minimum Gasteiger partial charge on any atom is -0.465 e. The Morgan fingerprint density at radius 3 is 1.50 bits per heavy atom. The van der Waals surface area contributed by atoms with Gasteiger partial charge >= 0.3 is 11.9 Å². The lowest BCUT2D eigenvalue weighted by Crippen LogP contribution is -2.35. The number of unbranched alkanes of at least 4 members (excludes halogenated alkanes) is 2. The highest BCUT2D eigenvalue weighted by atomic mass is 32.2. The SMILES string of the molecule is CCCCC(CC)COC(=O)C(CS(=O)(=O)O)C(=O)OCC(CC)CCCC. The van der Waals surface area contributed by atoms with E-state index < -0.39 is 33.7 Å². The van der Waals surface area contributed by atoms with Gasteiger partial charge in [-0.15, -0.1) is 0 Å². The van der Waals surface area contributed by atoms with E-state index in [2.05, 4.69) is 13.8 Å². The molecule has 0 aliphatic rings. The van der Waals surface area contributed by atoms with Crippen molar-refractivity contribution in [2.75, 3.05) is 19.0 Å². The van der Waals surface area contributed by atoms with Crippen molar-refractivity contribution in [2.45, 2.75) is 79.1 Å². The largest absolute Gasteiger partial charge is 0.465 e. The Balaban J connectivity index is 4.90. The fraction of sp³-hybridized carbons (Fsp3) is 0.900. The second-order valence-corrected chi connectivity index (χ2v) is 8.89. The van der Waals surface area contributed by atoms with Crippen LogP contribution < -0.4 is 0 Å². The zero-order valence-electron chi connectivity index (χ0n) is 17.8. The summed E-state index contributed by atoms with van der Waals surface area (Å²) < 4.78 is 42.1. The van der Waals surface area contributed by atoms with Gasteiger partial charge in [0.2, 0.25) is 0 Å². The van der Waals surface area contributed by atoms with Crippen LogP contribution in [0.25, 0.3) is 0 Å². The molecule has 7 nitrogen and oxygen atoms in total. The average Bonchev–Trinajstić information content (AvgIpc) is 2.65. The van der Waals surface area contributed by atoms with Gasteiger partial charge in [0.15, 0.2) is 5.92 Å². The Kier molecular flexibility index (Phi) is 14.2. The van der Waals surface area contributed by atoms with Gasteiger partial charge in [-0.1, -0.05) is 66.2 Å². The molecule has 1 N–H and O–H groups in total. The van der Waals surface area contributed by atoms with Crippen molar-refractivity contribution in [3.8, 4) is 0 Å². The molecule has 0 heterocycles. The van der Waals surface area contributed by atoms with Crippen LogP contribution in [-0.4, -0.2) is 43.9 Å². The Labute approximate surface area is 170 Å². The first-order valence-corrected chi connectivity index (χ1v) is 12.1. The maximum absolute atomic E-state index is 12.3. The molecule has 0 aromatic carbocycles. The van der Waals surface area contributed by atoms with Crippen molar-refractivity contribution in [1.29, 1.82) is 0 Å². The number of carbonyl (C=O) groups is 2. The Hall–Kier alpha value is -1.15. The van der Waals surface area contributed by atoms with E-state index in [9.17, 15) is 18.0 Å². The quantitative estimate of drug-likeness (QED) is 0.227. The average molecular weight is 423 g/mol. The molecular formula is C20H38O7S. The van der Waals surface area contributed by atoms with Crippen LogP contribution in [0.5, 0.6) is 0 Å². The molecule has 0 rings (SSSR count). The molecule has 0 aliphatic heterocycles. The summed E-state index contributed by atoms with van der Waals surface area (Å²) in [7, 11) is -4.53. The number of esters is 2. The van der Waals surface area contributed by atoms with Crippen molar-refractivity contribution in [3.63, 3.8) is 0 Å². The highest BCUT2D eigenvalue weighted by Crippen LogP contribution is 2.17. The van der Waals surface area contributed by atoms with Crippen LogP contribution in [0.15, 0.2) is 0 Å². The third-order valence-corrected chi connectivity index (χ3v) is 5.71. The fourth-order valence-electron chi connectivity index (χ4n) is 2.84. The molecule has 0 amide bonds. The first kappa shape index (κ1) is 26.9.